The summed E-state index contributed by atoms with van der Waals surface area (Å²) in [7, 11) is -2.96. The molecule has 0 bridgehead atoms. The number of rotatable bonds is 5. The van der Waals surface area contributed by atoms with Crippen LogP contribution in [0.25, 0.3) is 0 Å². The van der Waals surface area contributed by atoms with Crippen LogP contribution in [-0.4, -0.2) is 77.6 Å². The van der Waals surface area contributed by atoms with Crippen molar-refractivity contribution in [3.63, 3.8) is 0 Å². The Hall–Kier alpha value is -2.17. The Kier molecular flexibility index (Phi) is 5.50. The minimum atomic E-state index is -2.96. The summed E-state index contributed by atoms with van der Waals surface area (Å²) in [5, 5.41) is 8.57. The van der Waals surface area contributed by atoms with Crippen molar-refractivity contribution >= 4 is 27.6 Å². The van der Waals surface area contributed by atoms with Crippen molar-refractivity contribution in [2.75, 3.05) is 42.6 Å². The highest BCUT2D eigenvalue weighted by molar-refractivity contribution is 7.91. The van der Waals surface area contributed by atoms with Crippen LogP contribution in [0, 0.1) is 11.3 Å². The lowest BCUT2D eigenvalue weighted by Crippen LogP contribution is -2.38. The smallest absolute Gasteiger partial charge is 0.291 e. The van der Waals surface area contributed by atoms with Gasteiger partial charge in [-0.15, -0.1) is 10.2 Å². The van der Waals surface area contributed by atoms with Gasteiger partial charge in [0.1, 0.15) is 9.84 Å². The van der Waals surface area contributed by atoms with Gasteiger partial charge in [-0.25, -0.2) is 8.42 Å². The van der Waals surface area contributed by atoms with E-state index in [4.69, 9.17) is 5.73 Å². The predicted octanol–water partition coefficient (Wildman–Crippen LogP) is 0.0406. The minimum absolute atomic E-state index is 0.133. The van der Waals surface area contributed by atoms with E-state index in [1.54, 1.807) is 4.90 Å². The molecule has 10 nitrogen and oxygen atoms in total. The van der Waals surface area contributed by atoms with Gasteiger partial charge in [0.2, 0.25) is 17.7 Å². The number of aromatic nitrogens is 3. The third-order valence-electron chi connectivity index (χ3n) is 6.78. The summed E-state index contributed by atoms with van der Waals surface area (Å²) in [6.07, 6.45) is 3.71. The van der Waals surface area contributed by atoms with Crippen molar-refractivity contribution in [3.8, 4) is 0 Å². The molecule has 4 rings (SSSR count). The highest BCUT2D eigenvalue weighted by Crippen LogP contribution is 2.33. The van der Waals surface area contributed by atoms with Gasteiger partial charge in [-0.05, 0) is 44.9 Å². The van der Waals surface area contributed by atoms with Gasteiger partial charge in [-0.3, -0.25) is 14.2 Å². The minimum Gasteiger partial charge on any atom is -0.369 e. The first-order valence-electron chi connectivity index (χ1n) is 10.7. The molecular formula is C19H30N6O4S. The average molecular weight is 439 g/mol. The number of nitrogens with zero attached hydrogens (tertiary/aromatic N) is 5. The van der Waals surface area contributed by atoms with E-state index in [2.05, 4.69) is 10.2 Å². The van der Waals surface area contributed by atoms with Gasteiger partial charge in [0.25, 0.3) is 5.91 Å². The standard InChI is InChI=1S/C19H30N6O4S/c1-19(17(20)27)6-9-24(13-19)18-22-21-15(16(26)23-7-2-3-8-23)25(18)12-14-4-10-30(28,29)11-5-14/h14H,2-13H2,1H3,(H2,20,27). The third kappa shape index (κ3) is 4.03. The van der Waals surface area contributed by atoms with E-state index in [9.17, 15) is 18.0 Å². The Labute approximate surface area is 176 Å². The largest absolute Gasteiger partial charge is 0.369 e. The molecule has 3 saturated heterocycles. The number of nitrogens with two attached hydrogens (primary N) is 1. The Bertz CT molecular complexity index is 925. The number of anilines is 1. The highest BCUT2D eigenvalue weighted by Gasteiger charge is 2.41. The van der Waals surface area contributed by atoms with E-state index >= 15 is 0 Å². The molecule has 0 saturated carbocycles. The summed E-state index contributed by atoms with van der Waals surface area (Å²) in [5.41, 5.74) is 4.95. The fourth-order valence-corrected chi connectivity index (χ4v) is 6.22. The van der Waals surface area contributed by atoms with Gasteiger partial charge < -0.3 is 15.5 Å². The number of primary amides is 1. The number of carbonyl (C=O) groups is 2. The molecule has 166 valence electrons. The molecule has 3 aliphatic rings. The summed E-state index contributed by atoms with van der Waals surface area (Å²) < 4.78 is 25.5. The van der Waals surface area contributed by atoms with Crippen LogP contribution >= 0.6 is 0 Å². The van der Waals surface area contributed by atoms with Crippen LogP contribution in [0.2, 0.25) is 0 Å². The quantitative estimate of drug-likeness (QED) is 0.686. The Morgan fingerprint density at radius 3 is 2.40 bits per heavy atom. The van der Waals surface area contributed by atoms with Crippen LogP contribution in [0.5, 0.6) is 0 Å². The molecule has 2 N–H and O–H groups in total. The fourth-order valence-electron chi connectivity index (χ4n) is 4.63. The van der Waals surface area contributed by atoms with Crippen molar-refractivity contribution in [1.29, 1.82) is 0 Å². The van der Waals surface area contributed by atoms with Gasteiger partial charge in [0, 0.05) is 32.7 Å². The van der Waals surface area contributed by atoms with Crippen LogP contribution < -0.4 is 10.6 Å². The Morgan fingerprint density at radius 1 is 1.13 bits per heavy atom. The maximum atomic E-state index is 13.1. The molecule has 3 aliphatic heterocycles. The second-order valence-corrected chi connectivity index (χ2v) is 11.4. The molecule has 0 radical (unpaired) electrons. The summed E-state index contributed by atoms with van der Waals surface area (Å²) in [6, 6.07) is 0. The molecule has 1 atom stereocenters. The fraction of sp³-hybridized carbons (Fsp3) is 0.789. The molecule has 1 unspecified atom stereocenters. The van der Waals surface area contributed by atoms with Gasteiger partial charge in [0.05, 0.1) is 16.9 Å². The number of hydrogen-bond donors (Lipinski definition) is 1. The zero-order valence-corrected chi connectivity index (χ0v) is 18.2. The molecule has 4 heterocycles. The van der Waals surface area contributed by atoms with E-state index in [0.29, 0.717) is 63.8 Å². The summed E-state index contributed by atoms with van der Waals surface area (Å²) in [6.45, 7) is 4.80. The second kappa shape index (κ2) is 7.82. The molecule has 11 heteroatoms. The lowest BCUT2D eigenvalue weighted by molar-refractivity contribution is -0.125. The third-order valence-corrected chi connectivity index (χ3v) is 8.50. The summed E-state index contributed by atoms with van der Waals surface area (Å²) >= 11 is 0. The maximum absolute atomic E-state index is 13.1. The van der Waals surface area contributed by atoms with Crippen LogP contribution in [0.4, 0.5) is 5.95 Å². The molecule has 2 amide bonds. The first-order chi connectivity index (χ1) is 14.2. The van der Waals surface area contributed by atoms with Crippen molar-refractivity contribution in [2.24, 2.45) is 17.1 Å². The lowest BCUT2D eigenvalue weighted by Gasteiger charge is -2.26. The van der Waals surface area contributed by atoms with Crippen LogP contribution in [0.15, 0.2) is 0 Å². The molecule has 30 heavy (non-hydrogen) atoms. The molecule has 0 aromatic carbocycles. The number of amides is 2. The molecular weight excluding hydrogens is 408 g/mol. The highest BCUT2D eigenvalue weighted by atomic mass is 32.2. The van der Waals surface area contributed by atoms with Gasteiger partial charge in [-0.2, -0.15) is 0 Å². The molecule has 1 aromatic rings. The summed E-state index contributed by atoms with van der Waals surface area (Å²) in [4.78, 5) is 28.7. The molecule has 3 fully saturated rings. The van der Waals surface area contributed by atoms with E-state index in [1.807, 2.05) is 16.4 Å². The van der Waals surface area contributed by atoms with Crippen molar-refractivity contribution in [3.05, 3.63) is 5.82 Å². The zero-order chi connectivity index (χ0) is 21.5. The van der Waals surface area contributed by atoms with Crippen LogP contribution in [0.1, 0.15) is 49.6 Å². The van der Waals surface area contributed by atoms with E-state index < -0.39 is 15.3 Å². The zero-order valence-electron chi connectivity index (χ0n) is 17.4. The first-order valence-corrected chi connectivity index (χ1v) is 12.5. The number of likely N-dealkylation sites (tertiary alicyclic amines) is 1. The maximum Gasteiger partial charge on any atom is 0.291 e. The van der Waals surface area contributed by atoms with Gasteiger partial charge in [0.15, 0.2) is 0 Å². The van der Waals surface area contributed by atoms with Crippen molar-refractivity contribution in [2.45, 2.75) is 45.6 Å². The summed E-state index contributed by atoms with van der Waals surface area (Å²) in [5.74, 6) is 0.873. The van der Waals surface area contributed by atoms with Gasteiger partial charge >= 0.3 is 0 Å². The van der Waals surface area contributed by atoms with Crippen molar-refractivity contribution < 1.29 is 18.0 Å². The van der Waals surface area contributed by atoms with E-state index in [0.717, 1.165) is 12.8 Å². The molecule has 0 aliphatic carbocycles. The predicted molar refractivity (Wildman–Crippen MR) is 111 cm³/mol. The number of sulfone groups is 1. The van der Waals surface area contributed by atoms with Crippen LogP contribution in [0.3, 0.4) is 0 Å². The lowest BCUT2D eigenvalue weighted by atomic mass is 9.89. The SMILES string of the molecule is CC1(C(N)=O)CCN(c2nnc(C(=O)N3CCCC3)n2CC2CCS(=O)(=O)CC2)C1. The monoisotopic (exact) mass is 438 g/mol. The first kappa shape index (κ1) is 21.1. The normalized spacial score (nSPS) is 27.0. The number of carbonyl (C=O) groups excluding carboxylic acids is 2. The molecule has 0 spiro atoms. The Balaban J connectivity index is 1.61. The average Bonchev–Trinajstić information content (AvgIpc) is 3.43. The Morgan fingerprint density at radius 2 is 1.80 bits per heavy atom. The van der Waals surface area contributed by atoms with E-state index in [-0.39, 0.29) is 29.2 Å². The molecule has 1 aromatic heterocycles. The topological polar surface area (TPSA) is 131 Å². The van der Waals surface area contributed by atoms with E-state index in [1.165, 1.54) is 0 Å². The van der Waals surface area contributed by atoms with Gasteiger partial charge in [-0.1, -0.05) is 0 Å². The van der Waals surface area contributed by atoms with Crippen molar-refractivity contribution in [1.82, 2.24) is 19.7 Å². The number of hydrogen-bond acceptors (Lipinski definition) is 7. The van der Waals surface area contributed by atoms with Crippen LogP contribution in [-0.2, 0) is 21.2 Å². The second-order valence-electron chi connectivity index (χ2n) is 9.13.